The van der Waals surface area contributed by atoms with Crippen molar-refractivity contribution in [3.8, 4) is 17.2 Å². The summed E-state index contributed by atoms with van der Waals surface area (Å²) in [7, 11) is 1.51. The molecule has 5 nitrogen and oxygen atoms in total. The van der Waals surface area contributed by atoms with E-state index in [1.54, 1.807) is 60.7 Å². The van der Waals surface area contributed by atoms with Crippen molar-refractivity contribution in [2.75, 3.05) is 12.4 Å². The van der Waals surface area contributed by atoms with Gasteiger partial charge in [0.05, 0.1) is 23.9 Å². The SMILES string of the molecule is COc1ccccc1C(=O)Nc1cc(Cl)ccc1-c1nc2cc(Cl)ccc2o1. The first-order chi connectivity index (χ1) is 13.5. The number of hydrogen-bond donors (Lipinski definition) is 1. The minimum Gasteiger partial charge on any atom is -0.496 e. The largest absolute Gasteiger partial charge is 0.496 e. The number of nitrogens with one attached hydrogen (secondary N) is 1. The molecule has 140 valence electrons. The highest BCUT2D eigenvalue weighted by molar-refractivity contribution is 6.31. The van der Waals surface area contributed by atoms with Gasteiger partial charge < -0.3 is 14.5 Å². The van der Waals surface area contributed by atoms with E-state index in [1.807, 2.05) is 0 Å². The third-order valence-electron chi connectivity index (χ3n) is 4.16. The van der Waals surface area contributed by atoms with Gasteiger partial charge in [-0.05, 0) is 48.5 Å². The lowest BCUT2D eigenvalue weighted by molar-refractivity contribution is 0.102. The van der Waals surface area contributed by atoms with Crippen molar-refractivity contribution in [3.05, 3.63) is 76.3 Å². The van der Waals surface area contributed by atoms with Crippen molar-refractivity contribution in [2.24, 2.45) is 0 Å². The minimum absolute atomic E-state index is 0.333. The van der Waals surface area contributed by atoms with Gasteiger partial charge in [-0.25, -0.2) is 4.98 Å². The lowest BCUT2D eigenvalue weighted by Crippen LogP contribution is -2.13. The maximum atomic E-state index is 12.8. The molecule has 4 aromatic rings. The summed E-state index contributed by atoms with van der Waals surface area (Å²) in [5.74, 6) is 0.490. The number of methoxy groups -OCH3 is 1. The Morgan fingerprint density at radius 1 is 1.04 bits per heavy atom. The fourth-order valence-corrected chi connectivity index (χ4v) is 3.18. The average Bonchev–Trinajstić information content (AvgIpc) is 3.10. The third kappa shape index (κ3) is 3.54. The molecule has 28 heavy (non-hydrogen) atoms. The van der Waals surface area contributed by atoms with Gasteiger partial charge in [-0.3, -0.25) is 4.79 Å². The number of aromatic nitrogens is 1. The van der Waals surface area contributed by atoms with E-state index < -0.39 is 0 Å². The van der Waals surface area contributed by atoms with Gasteiger partial charge in [0.2, 0.25) is 5.89 Å². The van der Waals surface area contributed by atoms with E-state index in [0.717, 1.165) is 0 Å². The second kappa shape index (κ2) is 7.54. The average molecular weight is 413 g/mol. The van der Waals surface area contributed by atoms with Crippen LogP contribution in [0.15, 0.2) is 65.1 Å². The zero-order chi connectivity index (χ0) is 19.7. The van der Waals surface area contributed by atoms with Crippen molar-refractivity contribution < 1.29 is 13.9 Å². The van der Waals surface area contributed by atoms with E-state index in [1.165, 1.54) is 7.11 Å². The summed E-state index contributed by atoms with van der Waals surface area (Å²) < 4.78 is 11.1. The number of carbonyl (C=O) groups excluding carboxylic acids is 1. The van der Waals surface area contributed by atoms with Gasteiger partial charge in [-0.2, -0.15) is 0 Å². The first-order valence-electron chi connectivity index (χ1n) is 8.35. The van der Waals surface area contributed by atoms with Crippen LogP contribution in [-0.4, -0.2) is 18.0 Å². The van der Waals surface area contributed by atoms with Crippen LogP contribution < -0.4 is 10.1 Å². The molecule has 0 spiro atoms. The Labute approximate surface area is 170 Å². The predicted molar refractivity (Wildman–Crippen MR) is 110 cm³/mol. The van der Waals surface area contributed by atoms with Gasteiger partial charge in [-0.1, -0.05) is 35.3 Å². The van der Waals surface area contributed by atoms with E-state index in [-0.39, 0.29) is 5.91 Å². The van der Waals surface area contributed by atoms with Crippen LogP contribution in [0.5, 0.6) is 5.75 Å². The van der Waals surface area contributed by atoms with E-state index in [9.17, 15) is 4.79 Å². The lowest BCUT2D eigenvalue weighted by Gasteiger charge is -2.11. The summed E-state index contributed by atoms with van der Waals surface area (Å²) in [6, 6.07) is 17.2. The standard InChI is InChI=1S/C21H14Cl2N2O3/c1-27-18-5-3-2-4-15(18)20(26)24-16-10-12(22)6-8-14(16)21-25-17-11-13(23)7-9-19(17)28-21/h2-11H,1H3,(H,24,26). The third-order valence-corrected chi connectivity index (χ3v) is 4.63. The zero-order valence-corrected chi connectivity index (χ0v) is 16.2. The van der Waals surface area contributed by atoms with Gasteiger partial charge in [0.15, 0.2) is 5.58 Å². The number of amides is 1. The van der Waals surface area contributed by atoms with Crippen LogP contribution in [-0.2, 0) is 0 Å². The molecule has 4 rings (SSSR count). The monoisotopic (exact) mass is 412 g/mol. The highest BCUT2D eigenvalue weighted by atomic mass is 35.5. The summed E-state index contributed by atoms with van der Waals surface area (Å²) in [6.45, 7) is 0. The number of fused-ring (bicyclic) bond motifs is 1. The van der Waals surface area contributed by atoms with Crippen molar-refractivity contribution >= 4 is 45.9 Å². The Hall–Kier alpha value is -3.02. The maximum absolute atomic E-state index is 12.8. The quantitative estimate of drug-likeness (QED) is 0.442. The number of anilines is 1. The van der Waals surface area contributed by atoms with Gasteiger partial charge in [0, 0.05) is 10.0 Å². The first-order valence-corrected chi connectivity index (χ1v) is 9.11. The molecule has 1 N–H and O–H groups in total. The van der Waals surface area contributed by atoms with Gasteiger partial charge >= 0.3 is 0 Å². The molecule has 3 aromatic carbocycles. The van der Waals surface area contributed by atoms with E-state index in [4.69, 9.17) is 32.4 Å². The highest BCUT2D eigenvalue weighted by Crippen LogP contribution is 2.33. The molecule has 0 saturated heterocycles. The second-order valence-electron chi connectivity index (χ2n) is 5.98. The maximum Gasteiger partial charge on any atom is 0.259 e. The summed E-state index contributed by atoms with van der Waals surface area (Å²) in [4.78, 5) is 17.3. The summed E-state index contributed by atoms with van der Waals surface area (Å²) in [6.07, 6.45) is 0. The molecular weight excluding hydrogens is 399 g/mol. The van der Waals surface area contributed by atoms with Crippen molar-refractivity contribution in [2.45, 2.75) is 0 Å². The summed E-state index contributed by atoms with van der Waals surface area (Å²) in [5, 5.41) is 3.90. The Bertz CT molecular complexity index is 1190. The number of hydrogen-bond acceptors (Lipinski definition) is 4. The molecule has 1 aromatic heterocycles. The smallest absolute Gasteiger partial charge is 0.259 e. The second-order valence-corrected chi connectivity index (χ2v) is 6.85. The van der Waals surface area contributed by atoms with E-state index in [0.29, 0.717) is 49.6 Å². The number of para-hydroxylation sites is 1. The Kier molecular flexibility index (Phi) is 4.94. The van der Waals surface area contributed by atoms with Crippen LogP contribution in [0.2, 0.25) is 10.0 Å². The molecule has 0 aliphatic carbocycles. The number of benzene rings is 3. The molecule has 0 radical (unpaired) electrons. The minimum atomic E-state index is -0.333. The van der Waals surface area contributed by atoms with Crippen LogP contribution in [0.3, 0.4) is 0 Å². The molecule has 1 amide bonds. The number of halogens is 2. The molecule has 0 fully saturated rings. The van der Waals surface area contributed by atoms with Crippen molar-refractivity contribution in [3.63, 3.8) is 0 Å². The van der Waals surface area contributed by atoms with Crippen LogP contribution >= 0.6 is 23.2 Å². The topological polar surface area (TPSA) is 64.4 Å². The van der Waals surface area contributed by atoms with Crippen LogP contribution in [0.4, 0.5) is 5.69 Å². The molecule has 0 atom stereocenters. The van der Waals surface area contributed by atoms with Gasteiger partial charge in [0.25, 0.3) is 5.91 Å². The normalized spacial score (nSPS) is 10.8. The zero-order valence-electron chi connectivity index (χ0n) is 14.7. The number of ether oxygens (including phenoxy) is 1. The number of rotatable bonds is 4. The summed E-state index contributed by atoms with van der Waals surface area (Å²) in [5.41, 5.74) is 2.69. The number of carbonyl (C=O) groups is 1. The first kappa shape index (κ1) is 18.3. The molecule has 0 saturated carbocycles. The van der Waals surface area contributed by atoms with Gasteiger partial charge in [-0.15, -0.1) is 0 Å². The Morgan fingerprint density at radius 3 is 2.61 bits per heavy atom. The molecule has 1 heterocycles. The van der Waals surface area contributed by atoms with Crippen LogP contribution in [0, 0.1) is 0 Å². The predicted octanol–water partition coefficient (Wildman–Crippen LogP) is 6.06. The van der Waals surface area contributed by atoms with Crippen LogP contribution in [0.1, 0.15) is 10.4 Å². The highest BCUT2D eigenvalue weighted by Gasteiger charge is 2.17. The molecule has 7 heteroatoms. The van der Waals surface area contributed by atoms with E-state index >= 15 is 0 Å². The van der Waals surface area contributed by atoms with Crippen molar-refractivity contribution in [1.82, 2.24) is 4.98 Å². The number of oxazole rings is 1. The molecule has 0 unspecified atom stereocenters. The molecule has 0 aliphatic heterocycles. The fourth-order valence-electron chi connectivity index (χ4n) is 2.84. The molecule has 0 bridgehead atoms. The van der Waals surface area contributed by atoms with Crippen molar-refractivity contribution in [1.29, 1.82) is 0 Å². The summed E-state index contributed by atoms with van der Waals surface area (Å²) >= 11 is 12.2. The fraction of sp³-hybridized carbons (Fsp3) is 0.0476. The van der Waals surface area contributed by atoms with E-state index in [2.05, 4.69) is 10.3 Å². The van der Waals surface area contributed by atoms with Gasteiger partial charge in [0.1, 0.15) is 11.3 Å². The lowest BCUT2D eigenvalue weighted by atomic mass is 10.1. The Morgan fingerprint density at radius 2 is 1.79 bits per heavy atom. The molecule has 0 aliphatic rings. The Balaban J connectivity index is 1.75. The van der Waals surface area contributed by atoms with Crippen LogP contribution in [0.25, 0.3) is 22.6 Å². The molecular formula is C21H14Cl2N2O3. The number of nitrogens with zero attached hydrogens (tertiary/aromatic N) is 1.